The molecule has 0 unspecified atom stereocenters. The van der Waals surface area contributed by atoms with Gasteiger partial charge in [0.15, 0.2) is 0 Å². The van der Waals surface area contributed by atoms with Crippen molar-refractivity contribution < 1.29 is 0 Å². The molecule has 0 spiro atoms. The number of nitrogens with zero attached hydrogens (tertiary/aromatic N) is 4. The summed E-state index contributed by atoms with van der Waals surface area (Å²) in [5.41, 5.74) is 9.53. The van der Waals surface area contributed by atoms with Gasteiger partial charge in [-0.15, -0.1) is 0 Å². The summed E-state index contributed by atoms with van der Waals surface area (Å²) < 4.78 is 1.98. The lowest BCUT2D eigenvalue weighted by Gasteiger charge is -2.21. The van der Waals surface area contributed by atoms with Crippen molar-refractivity contribution in [2.45, 2.75) is 39.5 Å². The number of aromatic nitrogens is 5. The predicted octanol–water partition coefficient (Wildman–Crippen LogP) is 4.01. The lowest BCUT2D eigenvalue weighted by molar-refractivity contribution is 0.689. The van der Waals surface area contributed by atoms with Gasteiger partial charge in [0.05, 0.1) is 22.9 Å². The Labute approximate surface area is 146 Å². The van der Waals surface area contributed by atoms with Crippen LogP contribution in [0.1, 0.15) is 35.4 Å². The van der Waals surface area contributed by atoms with Crippen molar-refractivity contribution in [2.24, 2.45) is 7.05 Å². The first-order valence-corrected chi connectivity index (χ1v) is 8.93. The van der Waals surface area contributed by atoms with E-state index in [0.29, 0.717) is 0 Å². The highest BCUT2D eigenvalue weighted by molar-refractivity contribution is 6.09. The number of nitrogens with one attached hydrogen (secondary N) is 1. The molecule has 0 amide bonds. The van der Waals surface area contributed by atoms with Crippen LogP contribution in [-0.4, -0.2) is 25.0 Å². The van der Waals surface area contributed by atoms with E-state index >= 15 is 0 Å². The smallest absolute Gasteiger partial charge is 0.0933 e. The summed E-state index contributed by atoms with van der Waals surface area (Å²) >= 11 is 0. The summed E-state index contributed by atoms with van der Waals surface area (Å²) in [6.07, 6.45) is 6.59. The molecule has 0 saturated heterocycles. The SMILES string of the molecule is Cc1[nH]ncc1-c1nc2ccc3nn(C)c(C)c3c2c2c1CCCC2. The average Bonchev–Trinajstić information content (AvgIpc) is 3.17. The molecule has 25 heavy (non-hydrogen) atoms. The number of hydrogen-bond donors (Lipinski definition) is 1. The van der Waals surface area contributed by atoms with Crippen LogP contribution in [-0.2, 0) is 19.9 Å². The largest absolute Gasteiger partial charge is 0.282 e. The minimum absolute atomic E-state index is 1.06. The molecule has 1 N–H and O–H groups in total. The van der Waals surface area contributed by atoms with Crippen molar-refractivity contribution in [1.29, 1.82) is 0 Å². The fourth-order valence-corrected chi connectivity index (χ4v) is 4.27. The van der Waals surface area contributed by atoms with E-state index in [2.05, 4.69) is 41.3 Å². The number of pyridine rings is 1. The van der Waals surface area contributed by atoms with Crippen molar-refractivity contribution >= 4 is 21.8 Å². The molecular weight excluding hydrogens is 310 g/mol. The van der Waals surface area contributed by atoms with Gasteiger partial charge in [-0.2, -0.15) is 10.2 Å². The summed E-state index contributed by atoms with van der Waals surface area (Å²) in [5.74, 6) is 0. The van der Waals surface area contributed by atoms with E-state index in [4.69, 9.17) is 4.98 Å². The molecule has 5 heteroatoms. The Kier molecular flexibility index (Phi) is 3.02. The highest BCUT2D eigenvalue weighted by atomic mass is 15.3. The van der Waals surface area contributed by atoms with Gasteiger partial charge in [0.2, 0.25) is 0 Å². The second-order valence-corrected chi connectivity index (χ2v) is 7.10. The van der Waals surface area contributed by atoms with E-state index in [0.717, 1.165) is 40.8 Å². The van der Waals surface area contributed by atoms with E-state index in [1.165, 1.54) is 40.4 Å². The van der Waals surface area contributed by atoms with Gasteiger partial charge in [-0.3, -0.25) is 9.78 Å². The molecule has 4 aromatic rings. The maximum Gasteiger partial charge on any atom is 0.0933 e. The molecule has 0 bridgehead atoms. The molecule has 3 heterocycles. The number of rotatable bonds is 1. The number of hydrogen-bond acceptors (Lipinski definition) is 3. The van der Waals surface area contributed by atoms with Crippen LogP contribution in [0.25, 0.3) is 33.1 Å². The lowest BCUT2D eigenvalue weighted by atomic mass is 9.85. The Morgan fingerprint density at radius 1 is 1.00 bits per heavy atom. The van der Waals surface area contributed by atoms with Gasteiger partial charge in [0, 0.05) is 34.8 Å². The van der Waals surface area contributed by atoms with Crippen LogP contribution in [0.4, 0.5) is 0 Å². The van der Waals surface area contributed by atoms with E-state index in [1.54, 1.807) is 0 Å². The van der Waals surface area contributed by atoms with Crippen molar-refractivity contribution in [3.05, 3.63) is 40.8 Å². The number of benzene rings is 1. The molecule has 0 atom stereocenters. The summed E-state index contributed by atoms with van der Waals surface area (Å²) in [5, 5.41) is 14.5. The van der Waals surface area contributed by atoms with Gasteiger partial charge in [0.25, 0.3) is 0 Å². The van der Waals surface area contributed by atoms with Crippen LogP contribution < -0.4 is 0 Å². The van der Waals surface area contributed by atoms with E-state index < -0.39 is 0 Å². The number of H-pyrrole nitrogens is 1. The molecule has 3 aromatic heterocycles. The van der Waals surface area contributed by atoms with Gasteiger partial charge in [-0.05, 0) is 62.8 Å². The zero-order chi connectivity index (χ0) is 17.1. The molecule has 5 nitrogen and oxygen atoms in total. The van der Waals surface area contributed by atoms with Crippen LogP contribution >= 0.6 is 0 Å². The summed E-state index contributed by atoms with van der Waals surface area (Å²) in [6, 6.07) is 4.22. The van der Waals surface area contributed by atoms with Crippen LogP contribution in [0.2, 0.25) is 0 Å². The van der Waals surface area contributed by atoms with Gasteiger partial charge in [-0.1, -0.05) is 0 Å². The van der Waals surface area contributed by atoms with Crippen LogP contribution in [0.3, 0.4) is 0 Å². The zero-order valence-electron chi connectivity index (χ0n) is 14.8. The molecule has 1 aromatic carbocycles. The van der Waals surface area contributed by atoms with Crippen LogP contribution in [0.15, 0.2) is 18.3 Å². The molecule has 5 rings (SSSR count). The second kappa shape index (κ2) is 5.15. The lowest BCUT2D eigenvalue weighted by Crippen LogP contribution is -2.08. The van der Waals surface area contributed by atoms with Crippen molar-refractivity contribution in [1.82, 2.24) is 25.0 Å². The van der Waals surface area contributed by atoms with Gasteiger partial charge in [0.1, 0.15) is 0 Å². The molecule has 1 aliphatic rings. The van der Waals surface area contributed by atoms with E-state index in [9.17, 15) is 0 Å². The molecule has 126 valence electrons. The monoisotopic (exact) mass is 331 g/mol. The highest BCUT2D eigenvalue weighted by Gasteiger charge is 2.23. The maximum absolute atomic E-state index is 5.10. The minimum Gasteiger partial charge on any atom is -0.282 e. The fourth-order valence-electron chi connectivity index (χ4n) is 4.27. The Morgan fingerprint density at radius 2 is 1.76 bits per heavy atom. The number of aryl methyl sites for hydroxylation is 4. The fraction of sp³-hybridized carbons (Fsp3) is 0.350. The molecule has 1 aliphatic carbocycles. The minimum atomic E-state index is 1.06. The molecule has 0 saturated carbocycles. The third-order valence-corrected chi connectivity index (χ3v) is 5.64. The first kappa shape index (κ1) is 14.6. The number of fused-ring (bicyclic) bond motifs is 5. The van der Waals surface area contributed by atoms with Crippen LogP contribution in [0, 0.1) is 13.8 Å². The quantitative estimate of drug-likeness (QED) is 0.573. The Morgan fingerprint density at radius 3 is 2.52 bits per heavy atom. The zero-order valence-corrected chi connectivity index (χ0v) is 14.8. The molecule has 0 aliphatic heterocycles. The molecular formula is C20H21N5. The summed E-state index contributed by atoms with van der Waals surface area (Å²) in [7, 11) is 2.02. The van der Waals surface area contributed by atoms with Crippen molar-refractivity contribution in [3.63, 3.8) is 0 Å². The second-order valence-electron chi connectivity index (χ2n) is 7.10. The number of aromatic amines is 1. The first-order chi connectivity index (χ1) is 12.1. The average molecular weight is 331 g/mol. The summed E-state index contributed by atoms with van der Waals surface area (Å²) in [4.78, 5) is 5.10. The van der Waals surface area contributed by atoms with E-state index in [1.807, 2.05) is 17.9 Å². The third-order valence-electron chi connectivity index (χ3n) is 5.64. The predicted molar refractivity (Wildman–Crippen MR) is 99.7 cm³/mol. The van der Waals surface area contributed by atoms with Gasteiger partial charge < -0.3 is 0 Å². The Bertz CT molecular complexity index is 1130. The summed E-state index contributed by atoms with van der Waals surface area (Å²) in [6.45, 7) is 4.22. The third kappa shape index (κ3) is 1.98. The normalized spacial score (nSPS) is 14.4. The Hall–Kier alpha value is -2.69. The van der Waals surface area contributed by atoms with Crippen molar-refractivity contribution in [3.8, 4) is 11.3 Å². The van der Waals surface area contributed by atoms with Gasteiger partial charge >= 0.3 is 0 Å². The first-order valence-electron chi connectivity index (χ1n) is 8.93. The topological polar surface area (TPSA) is 59.4 Å². The van der Waals surface area contributed by atoms with Gasteiger partial charge in [-0.25, -0.2) is 4.98 Å². The molecule has 0 radical (unpaired) electrons. The maximum atomic E-state index is 5.10. The van der Waals surface area contributed by atoms with Crippen LogP contribution in [0.5, 0.6) is 0 Å². The highest BCUT2D eigenvalue weighted by Crippen LogP contribution is 2.39. The van der Waals surface area contributed by atoms with Crippen molar-refractivity contribution in [2.75, 3.05) is 0 Å². The van der Waals surface area contributed by atoms with E-state index in [-0.39, 0.29) is 0 Å². The Balaban J connectivity index is 1.96. The standard InChI is InChI=1S/C20H21N5/c1-11-15(10-21-23-11)20-14-7-5-4-6-13(14)19-16(22-20)8-9-17-18(19)12(2)25(3)24-17/h8-10H,4-7H2,1-3H3,(H,21,23). The molecule has 0 fully saturated rings.